The Balaban J connectivity index is 1.81. The molecule has 5 nitrogen and oxygen atoms in total. The summed E-state index contributed by atoms with van der Waals surface area (Å²) in [5, 5.41) is 7.80. The molecule has 1 heterocycles. The Hall–Kier alpha value is -2.17. The van der Waals surface area contributed by atoms with Crippen LogP contribution in [0.3, 0.4) is 0 Å². The highest BCUT2D eigenvalue weighted by Gasteiger charge is 2.10. The van der Waals surface area contributed by atoms with E-state index in [0.717, 1.165) is 43.1 Å². The number of benzene rings is 1. The summed E-state index contributed by atoms with van der Waals surface area (Å²) >= 11 is 0. The van der Waals surface area contributed by atoms with Crippen LogP contribution in [-0.4, -0.2) is 29.9 Å². The van der Waals surface area contributed by atoms with Crippen molar-refractivity contribution in [1.29, 1.82) is 0 Å². The van der Waals surface area contributed by atoms with Gasteiger partial charge in [-0.1, -0.05) is 25.1 Å². The molecule has 0 atom stereocenters. The molecule has 0 saturated carbocycles. The van der Waals surface area contributed by atoms with Crippen molar-refractivity contribution in [3.8, 4) is 0 Å². The van der Waals surface area contributed by atoms with Gasteiger partial charge in [-0.05, 0) is 25.0 Å². The summed E-state index contributed by atoms with van der Waals surface area (Å²) in [5.41, 5.74) is 9.07. The second kappa shape index (κ2) is 7.02. The molecule has 0 fully saturated rings. The highest BCUT2D eigenvalue weighted by atomic mass is 15.3. The van der Waals surface area contributed by atoms with Gasteiger partial charge in [0.2, 0.25) is 0 Å². The molecule has 0 bridgehead atoms. The van der Waals surface area contributed by atoms with Crippen LogP contribution in [0.25, 0.3) is 0 Å². The van der Waals surface area contributed by atoms with Gasteiger partial charge in [-0.25, -0.2) is 0 Å². The molecule has 1 aromatic carbocycles. The number of nitrogen functional groups attached to an aromatic ring is 1. The van der Waals surface area contributed by atoms with E-state index in [1.54, 1.807) is 0 Å². The molecule has 0 aliphatic rings. The number of hydrogen-bond donors (Lipinski definition) is 2. The summed E-state index contributed by atoms with van der Waals surface area (Å²) in [6.07, 6.45) is 1.90. The minimum absolute atomic E-state index is 0.774. The van der Waals surface area contributed by atoms with Crippen LogP contribution in [0.5, 0.6) is 0 Å². The maximum Gasteiger partial charge on any atom is 0.147 e. The topological polar surface area (TPSA) is 59.1 Å². The Labute approximate surface area is 126 Å². The molecule has 2 aromatic rings. The van der Waals surface area contributed by atoms with Crippen LogP contribution >= 0.6 is 0 Å². The van der Waals surface area contributed by atoms with Gasteiger partial charge in [-0.2, -0.15) is 5.10 Å². The van der Waals surface area contributed by atoms with Gasteiger partial charge in [-0.3, -0.25) is 4.68 Å². The maximum absolute atomic E-state index is 6.09. The molecule has 5 heteroatoms. The van der Waals surface area contributed by atoms with Crippen molar-refractivity contribution < 1.29 is 0 Å². The van der Waals surface area contributed by atoms with Gasteiger partial charge in [0.05, 0.1) is 11.4 Å². The second-order valence-electron chi connectivity index (χ2n) is 5.22. The summed E-state index contributed by atoms with van der Waals surface area (Å²) < 4.78 is 1.83. The van der Waals surface area contributed by atoms with E-state index < -0.39 is 0 Å². The van der Waals surface area contributed by atoms with Crippen molar-refractivity contribution >= 4 is 17.2 Å². The molecule has 0 spiro atoms. The number of aryl methyl sites for hydroxylation is 2. The Kier molecular flexibility index (Phi) is 5.09. The van der Waals surface area contributed by atoms with Gasteiger partial charge in [0, 0.05) is 32.9 Å². The molecule has 0 aliphatic carbocycles. The quantitative estimate of drug-likeness (QED) is 0.768. The van der Waals surface area contributed by atoms with Crippen LogP contribution in [0.4, 0.5) is 17.2 Å². The van der Waals surface area contributed by atoms with Crippen LogP contribution in [0.15, 0.2) is 30.3 Å². The first-order chi connectivity index (χ1) is 10.1. The Morgan fingerprint density at radius 3 is 2.62 bits per heavy atom. The van der Waals surface area contributed by atoms with Gasteiger partial charge in [0.25, 0.3) is 0 Å². The summed E-state index contributed by atoms with van der Waals surface area (Å²) in [6, 6.07) is 10.4. The first-order valence-corrected chi connectivity index (χ1v) is 7.45. The first kappa shape index (κ1) is 15.2. The number of nitrogens with one attached hydrogen (secondary N) is 1. The van der Waals surface area contributed by atoms with Gasteiger partial charge in [0.15, 0.2) is 0 Å². The molecule has 114 valence electrons. The van der Waals surface area contributed by atoms with Crippen molar-refractivity contribution in [3.05, 3.63) is 36.0 Å². The predicted octanol–water partition coefficient (Wildman–Crippen LogP) is 2.50. The van der Waals surface area contributed by atoms with Gasteiger partial charge >= 0.3 is 0 Å². The predicted molar refractivity (Wildman–Crippen MR) is 89.8 cm³/mol. The number of nitrogens with two attached hydrogens (primary N) is 1. The van der Waals surface area contributed by atoms with E-state index in [1.165, 1.54) is 5.69 Å². The number of para-hydroxylation sites is 1. The average Bonchev–Trinajstić information content (AvgIpc) is 2.79. The molecular weight excluding hydrogens is 262 g/mol. The Morgan fingerprint density at radius 1 is 1.29 bits per heavy atom. The number of anilines is 3. The van der Waals surface area contributed by atoms with Crippen molar-refractivity contribution in [2.75, 3.05) is 36.1 Å². The van der Waals surface area contributed by atoms with Crippen molar-refractivity contribution in [2.24, 2.45) is 7.05 Å². The van der Waals surface area contributed by atoms with Gasteiger partial charge in [-0.15, -0.1) is 0 Å². The molecule has 0 amide bonds. The molecule has 0 aliphatic heterocycles. The van der Waals surface area contributed by atoms with E-state index in [-0.39, 0.29) is 0 Å². The van der Waals surface area contributed by atoms with E-state index in [4.69, 9.17) is 5.73 Å². The number of rotatable bonds is 7. The molecular formula is C16H25N5. The first-order valence-electron chi connectivity index (χ1n) is 7.45. The zero-order valence-corrected chi connectivity index (χ0v) is 13.1. The van der Waals surface area contributed by atoms with E-state index in [1.807, 2.05) is 17.8 Å². The number of nitrogens with zero attached hydrogens (tertiary/aromatic N) is 3. The van der Waals surface area contributed by atoms with Crippen LogP contribution in [0.2, 0.25) is 0 Å². The van der Waals surface area contributed by atoms with Crippen LogP contribution in [-0.2, 0) is 13.5 Å². The molecule has 0 unspecified atom stereocenters. The summed E-state index contributed by atoms with van der Waals surface area (Å²) in [5.74, 6) is 0.925. The zero-order valence-electron chi connectivity index (χ0n) is 13.1. The van der Waals surface area contributed by atoms with E-state index in [2.05, 4.69) is 53.6 Å². The molecule has 0 radical (unpaired) electrons. The van der Waals surface area contributed by atoms with E-state index in [0.29, 0.717) is 0 Å². The van der Waals surface area contributed by atoms with Crippen LogP contribution in [0.1, 0.15) is 19.0 Å². The molecule has 0 saturated heterocycles. The Bertz CT molecular complexity index is 562. The van der Waals surface area contributed by atoms with Crippen molar-refractivity contribution in [3.63, 3.8) is 0 Å². The molecule has 1 aromatic heterocycles. The third-order valence-corrected chi connectivity index (χ3v) is 3.65. The van der Waals surface area contributed by atoms with Gasteiger partial charge < -0.3 is 16.0 Å². The van der Waals surface area contributed by atoms with Crippen LogP contribution < -0.4 is 16.0 Å². The lowest BCUT2D eigenvalue weighted by Gasteiger charge is -2.19. The largest absolute Gasteiger partial charge is 0.394 e. The lowest BCUT2D eigenvalue weighted by atomic mass is 10.2. The minimum Gasteiger partial charge on any atom is -0.394 e. The third kappa shape index (κ3) is 3.68. The van der Waals surface area contributed by atoms with Crippen molar-refractivity contribution in [2.45, 2.75) is 19.8 Å². The smallest absolute Gasteiger partial charge is 0.147 e. The zero-order chi connectivity index (χ0) is 15.2. The SMILES string of the molecule is CCc1nn(C)c(NCCCN(C)c2ccccc2)c1N. The normalized spacial score (nSPS) is 10.6. The lowest BCUT2D eigenvalue weighted by molar-refractivity contribution is 0.740. The Morgan fingerprint density at radius 2 is 2.00 bits per heavy atom. The fourth-order valence-corrected chi connectivity index (χ4v) is 2.40. The molecule has 21 heavy (non-hydrogen) atoms. The molecule has 3 N–H and O–H groups in total. The maximum atomic E-state index is 6.09. The van der Waals surface area contributed by atoms with E-state index in [9.17, 15) is 0 Å². The summed E-state index contributed by atoms with van der Waals surface area (Å²) in [7, 11) is 4.04. The highest BCUT2D eigenvalue weighted by Crippen LogP contribution is 2.22. The van der Waals surface area contributed by atoms with E-state index >= 15 is 0 Å². The third-order valence-electron chi connectivity index (χ3n) is 3.65. The fraction of sp³-hybridized carbons (Fsp3) is 0.438. The minimum atomic E-state index is 0.774. The second-order valence-corrected chi connectivity index (χ2v) is 5.22. The highest BCUT2D eigenvalue weighted by molar-refractivity contribution is 5.64. The lowest BCUT2D eigenvalue weighted by Crippen LogP contribution is -2.21. The summed E-state index contributed by atoms with van der Waals surface area (Å²) in [6.45, 7) is 3.94. The number of aromatic nitrogens is 2. The fourth-order valence-electron chi connectivity index (χ4n) is 2.40. The standard InChI is InChI=1S/C16H25N5/c1-4-14-15(17)16(21(3)19-14)18-11-8-12-20(2)13-9-6-5-7-10-13/h5-7,9-10,18H,4,8,11-12,17H2,1-3H3. The van der Waals surface area contributed by atoms with Crippen molar-refractivity contribution in [1.82, 2.24) is 9.78 Å². The molecule has 2 rings (SSSR count). The van der Waals surface area contributed by atoms with Gasteiger partial charge in [0.1, 0.15) is 5.82 Å². The summed E-state index contributed by atoms with van der Waals surface area (Å²) in [4.78, 5) is 2.26. The van der Waals surface area contributed by atoms with Crippen LogP contribution in [0, 0.1) is 0 Å². The number of hydrogen-bond acceptors (Lipinski definition) is 4. The average molecular weight is 287 g/mol. The monoisotopic (exact) mass is 287 g/mol.